The van der Waals surface area contributed by atoms with Gasteiger partial charge in [-0.15, -0.1) is 0 Å². The maximum atomic E-state index is 7.47. The zero-order valence-corrected chi connectivity index (χ0v) is 36.7. The van der Waals surface area contributed by atoms with Crippen molar-refractivity contribution in [3.63, 3.8) is 0 Å². The number of hydrogen-bond acceptors (Lipinski definition) is 2. The topological polar surface area (TPSA) is 12.5 Å². The minimum absolute atomic E-state index is 0.565. The van der Waals surface area contributed by atoms with Crippen molar-refractivity contribution in [2.45, 2.75) is 5.41 Å². The van der Waals surface area contributed by atoms with Crippen molar-refractivity contribution < 1.29 is 4.74 Å². The molecule has 0 aromatic heterocycles. The van der Waals surface area contributed by atoms with E-state index in [1.807, 2.05) is 0 Å². The van der Waals surface area contributed by atoms with Crippen molar-refractivity contribution in [3.8, 4) is 67.1 Å². The summed E-state index contributed by atoms with van der Waals surface area (Å²) in [6, 6.07) is 94.9. The Hall–Kier alpha value is -8.72. The largest absolute Gasteiger partial charge is 0.454 e. The fourth-order valence-electron chi connectivity index (χ4n) is 11.0. The first kappa shape index (κ1) is 38.7. The van der Waals surface area contributed by atoms with Gasteiger partial charge >= 0.3 is 0 Å². The molecule has 314 valence electrons. The molecular formula is C65H43NO. The molecule has 0 atom stereocenters. The lowest BCUT2D eigenvalue weighted by Crippen LogP contribution is -2.28. The Labute approximate surface area is 391 Å². The van der Waals surface area contributed by atoms with Crippen LogP contribution in [0.15, 0.2) is 261 Å². The van der Waals surface area contributed by atoms with Gasteiger partial charge in [-0.25, -0.2) is 0 Å². The van der Waals surface area contributed by atoms with E-state index in [2.05, 4.69) is 266 Å². The highest BCUT2D eigenvalue weighted by molar-refractivity contribution is 6.06. The van der Waals surface area contributed by atoms with Crippen LogP contribution in [0.1, 0.15) is 22.3 Å². The van der Waals surface area contributed by atoms with Crippen molar-refractivity contribution >= 4 is 27.8 Å². The van der Waals surface area contributed by atoms with Gasteiger partial charge in [-0.2, -0.15) is 0 Å². The molecule has 1 aliphatic carbocycles. The molecule has 0 bridgehead atoms. The van der Waals surface area contributed by atoms with E-state index in [0.29, 0.717) is 0 Å². The molecule has 0 saturated carbocycles. The van der Waals surface area contributed by atoms with Crippen LogP contribution in [0.5, 0.6) is 11.5 Å². The van der Waals surface area contributed by atoms with Crippen molar-refractivity contribution in [1.82, 2.24) is 0 Å². The highest BCUT2D eigenvalue weighted by Gasteiger charge is 2.46. The number of fused-ring (bicyclic) bond motifs is 10. The van der Waals surface area contributed by atoms with Crippen molar-refractivity contribution in [1.29, 1.82) is 0 Å². The van der Waals surface area contributed by atoms with Gasteiger partial charge < -0.3 is 9.64 Å². The smallest absolute Gasteiger partial charge is 0.159 e. The Morgan fingerprint density at radius 3 is 1.61 bits per heavy atom. The van der Waals surface area contributed by atoms with E-state index < -0.39 is 5.41 Å². The summed E-state index contributed by atoms with van der Waals surface area (Å²) in [6.07, 6.45) is 0. The molecule has 13 rings (SSSR count). The number of anilines is 3. The zero-order chi connectivity index (χ0) is 44.3. The highest BCUT2D eigenvalue weighted by atomic mass is 16.5. The molecule has 2 aliphatic rings. The minimum Gasteiger partial charge on any atom is -0.454 e. The molecule has 11 aromatic carbocycles. The third-order valence-electron chi connectivity index (χ3n) is 14.0. The van der Waals surface area contributed by atoms with Crippen molar-refractivity contribution in [2.75, 3.05) is 4.90 Å². The summed E-state index contributed by atoms with van der Waals surface area (Å²) in [5.74, 6) is 1.63. The molecule has 0 fully saturated rings. The van der Waals surface area contributed by atoms with Crippen LogP contribution in [-0.2, 0) is 5.41 Å². The lowest BCUT2D eigenvalue weighted by atomic mass is 9.67. The Kier molecular flexibility index (Phi) is 9.11. The van der Waals surface area contributed by atoms with Crippen LogP contribution in [0.4, 0.5) is 17.1 Å². The number of hydrogen-bond donors (Lipinski definition) is 0. The summed E-state index contributed by atoms with van der Waals surface area (Å²) in [6.45, 7) is 0. The number of para-hydroxylation sites is 1. The molecular weight excluding hydrogens is 811 g/mol. The fraction of sp³-hybridized carbons (Fsp3) is 0.0154. The second-order valence-corrected chi connectivity index (χ2v) is 17.5. The Morgan fingerprint density at radius 2 is 0.881 bits per heavy atom. The van der Waals surface area contributed by atoms with E-state index in [1.165, 1.54) is 49.9 Å². The maximum Gasteiger partial charge on any atom is 0.159 e. The summed E-state index contributed by atoms with van der Waals surface area (Å²) >= 11 is 0. The van der Waals surface area contributed by atoms with Crippen molar-refractivity contribution in [3.05, 3.63) is 283 Å². The summed E-state index contributed by atoms with van der Waals surface area (Å²) in [5.41, 5.74) is 19.0. The average molecular weight is 854 g/mol. The third kappa shape index (κ3) is 6.18. The summed E-state index contributed by atoms with van der Waals surface area (Å²) in [4.78, 5) is 2.41. The molecule has 67 heavy (non-hydrogen) atoms. The predicted octanol–water partition coefficient (Wildman–Crippen LogP) is 17.4. The summed E-state index contributed by atoms with van der Waals surface area (Å²) in [7, 11) is 0. The Bertz CT molecular complexity index is 3600. The van der Waals surface area contributed by atoms with Gasteiger partial charge in [0.15, 0.2) is 5.75 Å². The van der Waals surface area contributed by atoms with Gasteiger partial charge in [0.2, 0.25) is 0 Å². The molecule has 0 unspecified atom stereocenters. The van der Waals surface area contributed by atoms with Crippen LogP contribution in [0.3, 0.4) is 0 Å². The van der Waals surface area contributed by atoms with E-state index in [0.717, 1.165) is 67.3 Å². The van der Waals surface area contributed by atoms with Crippen LogP contribution in [0.25, 0.3) is 66.4 Å². The van der Waals surface area contributed by atoms with Crippen LogP contribution in [-0.4, -0.2) is 0 Å². The van der Waals surface area contributed by atoms with Gasteiger partial charge in [0.25, 0.3) is 0 Å². The standard InChI is InChI=1S/C65H43NO/c1-5-18-44(19-6-1)46-32-36-51(37-33-46)66(52-38-40-55-54-28-15-16-30-59(54)65(60(55)43-52,49-23-9-3-10-24-49)50-25-11-4-12-26-50)61-31-17-29-57-58-42-48(45-20-7-2-8-21-45)34-39-56(58)63-53-27-14-13-22-47(53)35-41-62(63)67-64(57)61/h1-43H. The van der Waals surface area contributed by atoms with Gasteiger partial charge in [-0.3, -0.25) is 0 Å². The van der Waals surface area contributed by atoms with Gasteiger partial charge in [-0.05, 0) is 120 Å². The molecule has 1 heterocycles. The Balaban J connectivity index is 1.09. The molecule has 0 amide bonds. The molecule has 0 N–H and O–H groups in total. The molecule has 2 nitrogen and oxygen atoms in total. The van der Waals surface area contributed by atoms with E-state index in [9.17, 15) is 0 Å². The SMILES string of the molecule is c1ccc(-c2ccc(N(c3ccc4c(c3)C(c3ccccc3)(c3ccccc3)c3ccccc3-4)c3cccc4c3Oc3ccc5ccccc5c3-c3ccc(-c5ccccc5)cc3-4)cc2)cc1. The fourth-order valence-corrected chi connectivity index (χ4v) is 11.0. The zero-order valence-electron chi connectivity index (χ0n) is 36.7. The third-order valence-corrected chi connectivity index (χ3v) is 14.0. The van der Waals surface area contributed by atoms with Crippen LogP contribution >= 0.6 is 0 Å². The lowest BCUT2D eigenvalue weighted by molar-refractivity contribution is 0.489. The number of benzene rings is 11. The molecule has 0 spiro atoms. The van der Waals surface area contributed by atoms with Gasteiger partial charge in [0.05, 0.1) is 11.1 Å². The maximum absolute atomic E-state index is 7.47. The van der Waals surface area contributed by atoms with Crippen LogP contribution in [0.2, 0.25) is 0 Å². The van der Waals surface area contributed by atoms with Gasteiger partial charge in [0.1, 0.15) is 5.75 Å². The van der Waals surface area contributed by atoms with E-state index in [-0.39, 0.29) is 0 Å². The average Bonchev–Trinajstić information content (AvgIpc) is 3.61. The lowest BCUT2D eigenvalue weighted by Gasteiger charge is -2.35. The molecule has 0 radical (unpaired) electrons. The molecule has 11 aromatic rings. The predicted molar refractivity (Wildman–Crippen MR) is 278 cm³/mol. The van der Waals surface area contributed by atoms with Crippen molar-refractivity contribution in [2.24, 2.45) is 0 Å². The van der Waals surface area contributed by atoms with Crippen LogP contribution in [0, 0.1) is 0 Å². The summed E-state index contributed by atoms with van der Waals surface area (Å²) in [5, 5.41) is 2.33. The molecule has 1 aliphatic heterocycles. The second kappa shape index (κ2) is 15.8. The Morgan fingerprint density at radius 1 is 0.328 bits per heavy atom. The van der Waals surface area contributed by atoms with E-state index >= 15 is 0 Å². The van der Waals surface area contributed by atoms with Gasteiger partial charge in [0, 0.05) is 22.5 Å². The quantitative estimate of drug-likeness (QED) is 0.158. The normalized spacial score (nSPS) is 12.7. The van der Waals surface area contributed by atoms with E-state index in [4.69, 9.17) is 4.74 Å². The first-order chi connectivity index (χ1) is 33.2. The monoisotopic (exact) mass is 853 g/mol. The second-order valence-electron chi connectivity index (χ2n) is 17.5. The van der Waals surface area contributed by atoms with Crippen LogP contribution < -0.4 is 9.64 Å². The molecule has 2 heteroatoms. The number of rotatable bonds is 7. The summed E-state index contributed by atoms with van der Waals surface area (Å²) < 4.78 is 7.47. The van der Waals surface area contributed by atoms with Gasteiger partial charge in [-0.1, -0.05) is 218 Å². The molecule has 0 saturated heterocycles. The number of nitrogens with zero attached hydrogens (tertiary/aromatic N) is 1. The highest BCUT2D eigenvalue weighted by Crippen LogP contribution is 2.59. The first-order valence-electron chi connectivity index (χ1n) is 23.1. The number of ether oxygens (including phenoxy) is 1. The van der Waals surface area contributed by atoms with E-state index in [1.54, 1.807) is 0 Å². The first-order valence-corrected chi connectivity index (χ1v) is 23.1. The minimum atomic E-state index is -0.565.